The van der Waals surface area contributed by atoms with Gasteiger partial charge in [0.25, 0.3) is 5.69 Å². The lowest BCUT2D eigenvalue weighted by molar-refractivity contribution is -0.384. The van der Waals surface area contributed by atoms with E-state index in [9.17, 15) is 14.9 Å². The quantitative estimate of drug-likeness (QED) is 0.165. The molecular weight excluding hydrogens is 418 g/mol. The Morgan fingerprint density at radius 3 is 2.18 bits per heavy atom. The average molecular weight is 444 g/mol. The van der Waals surface area contributed by atoms with E-state index in [-0.39, 0.29) is 10.6 Å². The van der Waals surface area contributed by atoms with E-state index < -0.39 is 5.97 Å². The number of nitrogens with zero attached hydrogens (tertiary/aromatic N) is 3. The van der Waals surface area contributed by atoms with Crippen LogP contribution in [0.4, 0.5) is 5.69 Å². The molecular formula is C26H25N3O4. The number of fused-ring (bicyclic) bond motifs is 3. The first-order valence-electron chi connectivity index (χ1n) is 10.8. The summed E-state index contributed by atoms with van der Waals surface area (Å²) in [6.07, 6.45) is 0. The molecule has 0 fully saturated rings. The summed E-state index contributed by atoms with van der Waals surface area (Å²) in [5.41, 5.74) is 7.32. The number of oxime groups is 1. The summed E-state index contributed by atoms with van der Waals surface area (Å²) in [5.74, 6) is -0.505. The standard InChI is InChI=1S/C26H25N3O4/c1-6-28-23-9-7-19(13-21(23)22-14-20(29(31)32)8-10-24(22)28)26(27-33-18(5)30)25-16(3)11-15(2)12-17(25)4/h7-14H,6H2,1-5H3/b27-26-. The molecule has 0 N–H and O–H groups in total. The second kappa shape index (κ2) is 8.50. The minimum atomic E-state index is -0.505. The van der Waals surface area contributed by atoms with Gasteiger partial charge < -0.3 is 9.40 Å². The van der Waals surface area contributed by atoms with E-state index in [1.165, 1.54) is 13.0 Å². The van der Waals surface area contributed by atoms with Gasteiger partial charge in [-0.2, -0.15) is 0 Å². The molecule has 0 amide bonds. The second-order valence-corrected chi connectivity index (χ2v) is 8.23. The maximum absolute atomic E-state index is 11.6. The van der Waals surface area contributed by atoms with Gasteiger partial charge in [-0.15, -0.1) is 0 Å². The third-order valence-corrected chi connectivity index (χ3v) is 5.83. The zero-order valence-electron chi connectivity index (χ0n) is 19.3. The van der Waals surface area contributed by atoms with E-state index >= 15 is 0 Å². The van der Waals surface area contributed by atoms with E-state index in [2.05, 4.69) is 21.9 Å². The van der Waals surface area contributed by atoms with Crippen molar-refractivity contribution in [3.8, 4) is 0 Å². The maximum atomic E-state index is 11.6. The Morgan fingerprint density at radius 1 is 1.00 bits per heavy atom. The largest absolute Gasteiger partial charge is 0.341 e. The highest BCUT2D eigenvalue weighted by Crippen LogP contribution is 2.33. The van der Waals surface area contributed by atoms with Gasteiger partial charge >= 0.3 is 5.97 Å². The molecule has 4 aromatic rings. The van der Waals surface area contributed by atoms with Crippen molar-refractivity contribution in [2.24, 2.45) is 5.16 Å². The fourth-order valence-corrected chi connectivity index (χ4v) is 4.60. The van der Waals surface area contributed by atoms with E-state index in [0.717, 1.165) is 56.2 Å². The van der Waals surface area contributed by atoms with E-state index in [1.54, 1.807) is 12.1 Å². The fraction of sp³-hybridized carbons (Fsp3) is 0.231. The van der Waals surface area contributed by atoms with Crippen molar-refractivity contribution >= 4 is 39.2 Å². The van der Waals surface area contributed by atoms with Crippen LogP contribution in [0, 0.1) is 30.9 Å². The fourth-order valence-electron chi connectivity index (χ4n) is 4.60. The summed E-state index contributed by atoms with van der Waals surface area (Å²) in [4.78, 5) is 27.7. The summed E-state index contributed by atoms with van der Waals surface area (Å²) in [6.45, 7) is 10.1. The zero-order valence-corrected chi connectivity index (χ0v) is 19.3. The molecule has 1 heterocycles. The van der Waals surface area contributed by atoms with Gasteiger partial charge in [-0.25, -0.2) is 4.79 Å². The molecule has 0 spiro atoms. The van der Waals surface area contributed by atoms with Crippen molar-refractivity contribution in [2.45, 2.75) is 41.2 Å². The van der Waals surface area contributed by atoms with Crippen LogP contribution in [0.25, 0.3) is 21.8 Å². The van der Waals surface area contributed by atoms with Crippen LogP contribution in [0.1, 0.15) is 41.7 Å². The van der Waals surface area contributed by atoms with Gasteiger partial charge in [0.2, 0.25) is 0 Å². The number of aromatic nitrogens is 1. The Kier molecular flexibility index (Phi) is 5.72. The molecule has 0 saturated carbocycles. The summed E-state index contributed by atoms with van der Waals surface area (Å²) in [6, 6.07) is 15.0. The molecule has 0 atom stereocenters. The Balaban J connectivity index is 2.02. The van der Waals surface area contributed by atoms with Crippen LogP contribution in [-0.4, -0.2) is 21.2 Å². The molecule has 33 heavy (non-hydrogen) atoms. The van der Waals surface area contributed by atoms with Crippen LogP contribution in [0.5, 0.6) is 0 Å². The summed E-state index contributed by atoms with van der Waals surface area (Å²) in [5, 5.41) is 17.3. The molecule has 0 bridgehead atoms. The number of benzene rings is 3. The Morgan fingerprint density at radius 2 is 1.61 bits per heavy atom. The van der Waals surface area contributed by atoms with Crippen LogP contribution in [0.3, 0.4) is 0 Å². The number of nitro benzene ring substituents is 1. The molecule has 0 aliphatic carbocycles. The number of nitro groups is 1. The van der Waals surface area contributed by atoms with Crippen LogP contribution in [0.15, 0.2) is 53.7 Å². The monoisotopic (exact) mass is 443 g/mol. The molecule has 168 valence electrons. The van der Waals surface area contributed by atoms with Gasteiger partial charge in [0.15, 0.2) is 0 Å². The van der Waals surface area contributed by atoms with Gasteiger partial charge in [-0.05, 0) is 57.0 Å². The second-order valence-electron chi connectivity index (χ2n) is 8.23. The average Bonchev–Trinajstić information content (AvgIpc) is 3.07. The highest BCUT2D eigenvalue weighted by atomic mass is 16.7. The maximum Gasteiger partial charge on any atom is 0.332 e. The van der Waals surface area contributed by atoms with Gasteiger partial charge in [-0.1, -0.05) is 28.9 Å². The van der Waals surface area contributed by atoms with E-state index in [0.29, 0.717) is 5.71 Å². The Hall–Kier alpha value is -4.00. The molecule has 1 aromatic heterocycles. The molecule has 0 unspecified atom stereocenters. The third kappa shape index (κ3) is 3.98. The molecule has 7 heteroatoms. The first-order chi connectivity index (χ1) is 15.7. The van der Waals surface area contributed by atoms with Crippen LogP contribution in [-0.2, 0) is 16.2 Å². The van der Waals surface area contributed by atoms with Crippen molar-refractivity contribution in [1.82, 2.24) is 4.57 Å². The summed E-state index contributed by atoms with van der Waals surface area (Å²) >= 11 is 0. The lowest BCUT2D eigenvalue weighted by Gasteiger charge is -2.14. The van der Waals surface area contributed by atoms with Crippen LogP contribution < -0.4 is 0 Å². The summed E-state index contributed by atoms with van der Waals surface area (Å²) < 4.78 is 2.13. The third-order valence-electron chi connectivity index (χ3n) is 5.83. The van der Waals surface area contributed by atoms with Crippen LogP contribution in [0.2, 0.25) is 0 Å². The number of aryl methyl sites for hydroxylation is 4. The minimum Gasteiger partial charge on any atom is -0.341 e. The molecule has 0 aliphatic rings. The first-order valence-corrected chi connectivity index (χ1v) is 10.8. The number of hydrogen-bond donors (Lipinski definition) is 0. The van der Waals surface area contributed by atoms with Gasteiger partial charge in [-0.3, -0.25) is 10.1 Å². The molecule has 0 saturated heterocycles. The highest BCUT2D eigenvalue weighted by Gasteiger charge is 2.19. The zero-order chi connectivity index (χ0) is 23.9. The molecule has 0 aliphatic heterocycles. The number of hydrogen-bond acceptors (Lipinski definition) is 5. The number of rotatable bonds is 5. The molecule has 3 aromatic carbocycles. The Bertz CT molecular complexity index is 1440. The van der Waals surface area contributed by atoms with Crippen LogP contribution >= 0.6 is 0 Å². The topological polar surface area (TPSA) is 86.7 Å². The van der Waals surface area contributed by atoms with E-state index in [1.807, 2.05) is 45.9 Å². The highest BCUT2D eigenvalue weighted by molar-refractivity contribution is 6.18. The predicted octanol–water partition coefficient (Wildman–Crippen LogP) is 5.96. The van der Waals surface area contributed by atoms with Gasteiger partial charge in [0.1, 0.15) is 5.71 Å². The predicted molar refractivity (Wildman–Crippen MR) is 130 cm³/mol. The minimum absolute atomic E-state index is 0.0436. The lowest BCUT2D eigenvalue weighted by atomic mass is 9.92. The van der Waals surface area contributed by atoms with Gasteiger partial charge in [0.05, 0.1) is 4.92 Å². The van der Waals surface area contributed by atoms with Crippen molar-refractivity contribution in [2.75, 3.05) is 0 Å². The molecule has 7 nitrogen and oxygen atoms in total. The van der Waals surface area contributed by atoms with Crippen molar-refractivity contribution < 1.29 is 14.6 Å². The molecule has 0 radical (unpaired) electrons. The van der Waals surface area contributed by atoms with Gasteiger partial charge in [0, 0.05) is 58.5 Å². The van der Waals surface area contributed by atoms with Crippen molar-refractivity contribution in [3.63, 3.8) is 0 Å². The summed E-state index contributed by atoms with van der Waals surface area (Å²) in [7, 11) is 0. The smallest absolute Gasteiger partial charge is 0.332 e. The normalized spacial score (nSPS) is 11.8. The first kappa shape index (κ1) is 22.2. The Labute approximate surface area is 191 Å². The number of non-ortho nitro benzene ring substituents is 1. The number of carbonyl (C=O) groups is 1. The molecule has 4 rings (SSSR count). The van der Waals surface area contributed by atoms with Crippen molar-refractivity contribution in [1.29, 1.82) is 0 Å². The van der Waals surface area contributed by atoms with E-state index in [4.69, 9.17) is 4.84 Å². The number of carbonyl (C=O) groups excluding carboxylic acids is 1. The lowest BCUT2D eigenvalue weighted by Crippen LogP contribution is -2.10. The van der Waals surface area contributed by atoms with Crippen molar-refractivity contribution in [3.05, 3.63) is 86.5 Å². The SMILES string of the molecule is CCn1c2ccc(/C(=N/OC(C)=O)c3c(C)cc(C)cc3C)cc2c2cc([N+](=O)[O-])ccc21.